The topological polar surface area (TPSA) is 47.6 Å². The van der Waals surface area contributed by atoms with Crippen molar-refractivity contribution in [3.63, 3.8) is 0 Å². The SMILES string of the molecule is CC[C@H](C)c1ccc(OCCCOc2cccc(/C=C3/SC(=S)NC3=O)c2)cc1. The van der Waals surface area contributed by atoms with Gasteiger partial charge in [0.25, 0.3) is 5.91 Å². The van der Waals surface area contributed by atoms with E-state index in [-0.39, 0.29) is 5.91 Å². The molecule has 1 amide bonds. The second-order valence-corrected chi connectivity index (χ2v) is 8.57. The lowest BCUT2D eigenvalue weighted by Crippen LogP contribution is -2.17. The largest absolute Gasteiger partial charge is 0.493 e. The Morgan fingerprint density at radius 1 is 1.10 bits per heavy atom. The number of rotatable bonds is 9. The molecule has 0 unspecified atom stereocenters. The van der Waals surface area contributed by atoms with Crippen molar-refractivity contribution in [2.75, 3.05) is 13.2 Å². The van der Waals surface area contributed by atoms with Gasteiger partial charge in [-0.1, -0.05) is 62.1 Å². The number of hydrogen-bond donors (Lipinski definition) is 1. The van der Waals surface area contributed by atoms with Crippen LogP contribution in [0.1, 0.15) is 43.7 Å². The molecule has 1 aliphatic heterocycles. The number of ether oxygens (including phenoxy) is 2. The van der Waals surface area contributed by atoms with E-state index in [1.807, 2.05) is 42.5 Å². The molecule has 1 aliphatic rings. The summed E-state index contributed by atoms with van der Waals surface area (Å²) in [6.07, 6.45) is 3.73. The Hall–Kier alpha value is -2.31. The second-order valence-electron chi connectivity index (χ2n) is 6.85. The first-order valence-corrected chi connectivity index (χ1v) is 11.0. The summed E-state index contributed by atoms with van der Waals surface area (Å²) in [5, 5.41) is 2.62. The van der Waals surface area contributed by atoms with E-state index in [2.05, 4.69) is 31.3 Å². The highest BCUT2D eigenvalue weighted by Gasteiger charge is 2.21. The average Bonchev–Trinajstić information content (AvgIpc) is 3.04. The molecule has 0 aromatic heterocycles. The fraction of sp³-hybridized carbons (Fsp3) is 0.304. The number of thiocarbonyl (C=S) groups is 1. The van der Waals surface area contributed by atoms with Crippen LogP contribution in [0.15, 0.2) is 53.4 Å². The first-order chi connectivity index (χ1) is 14.0. The van der Waals surface area contributed by atoms with Crippen molar-refractivity contribution >= 4 is 40.3 Å². The van der Waals surface area contributed by atoms with Crippen LogP contribution in [0.5, 0.6) is 11.5 Å². The molecular weight excluding hydrogens is 402 g/mol. The van der Waals surface area contributed by atoms with Gasteiger partial charge in [-0.2, -0.15) is 0 Å². The van der Waals surface area contributed by atoms with E-state index in [1.54, 1.807) is 0 Å². The van der Waals surface area contributed by atoms with Gasteiger partial charge in [-0.05, 0) is 53.8 Å². The molecule has 3 rings (SSSR count). The predicted octanol–water partition coefficient (Wildman–Crippen LogP) is 5.54. The minimum atomic E-state index is -0.152. The first-order valence-electron chi connectivity index (χ1n) is 9.75. The molecule has 1 saturated heterocycles. The summed E-state index contributed by atoms with van der Waals surface area (Å²) in [5.74, 6) is 2.07. The summed E-state index contributed by atoms with van der Waals surface area (Å²) in [7, 11) is 0. The van der Waals surface area contributed by atoms with Crippen molar-refractivity contribution in [2.24, 2.45) is 0 Å². The molecule has 0 spiro atoms. The molecule has 1 atom stereocenters. The predicted molar refractivity (Wildman–Crippen MR) is 124 cm³/mol. The van der Waals surface area contributed by atoms with Crippen LogP contribution in [0.4, 0.5) is 0 Å². The lowest BCUT2D eigenvalue weighted by Gasteiger charge is -2.11. The van der Waals surface area contributed by atoms with Crippen molar-refractivity contribution in [3.8, 4) is 11.5 Å². The second kappa shape index (κ2) is 10.5. The fourth-order valence-electron chi connectivity index (χ4n) is 2.83. The Balaban J connectivity index is 1.43. The standard InChI is InChI=1S/C23H25NO3S2/c1-3-16(2)18-8-10-19(11-9-18)26-12-5-13-27-20-7-4-6-17(14-20)15-21-22(25)24-23(28)29-21/h4,6-11,14-16H,3,5,12-13H2,1-2H3,(H,24,25,28)/b21-15+/t16-/m0/s1. The maximum absolute atomic E-state index is 11.8. The van der Waals surface area contributed by atoms with Gasteiger partial charge in [0.2, 0.25) is 0 Å². The maximum Gasteiger partial charge on any atom is 0.263 e. The van der Waals surface area contributed by atoms with Crippen LogP contribution in [0, 0.1) is 0 Å². The van der Waals surface area contributed by atoms with Crippen molar-refractivity contribution in [3.05, 3.63) is 64.6 Å². The fourth-order valence-corrected chi connectivity index (χ4v) is 3.88. The Morgan fingerprint density at radius 3 is 2.48 bits per heavy atom. The van der Waals surface area contributed by atoms with E-state index in [1.165, 1.54) is 17.3 Å². The molecule has 1 N–H and O–H groups in total. The summed E-state index contributed by atoms with van der Waals surface area (Å²) in [4.78, 5) is 12.4. The molecule has 0 radical (unpaired) electrons. The zero-order valence-electron chi connectivity index (χ0n) is 16.6. The number of thioether (sulfide) groups is 1. The molecule has 0 aliphatic carbocycles. The molecular formula is C23H25NO3S2. The zero-order valence-corrected chi connectivity index (χ0v) is 18.3. The lowest BCUT2D eigenvalue weighted by atomic mass is 9.99. The van der Waals surface area contributed by atoms with Crippen LogP contribution in [-0.4, -0.2) is 23.4 Å². The van der Waals surface area contributed by atoms with Crippen molar-refractivity contribution in [1.82, 2.24) is 5.32 Å². The van der Waals surface area contributed by atoms with E-state index in [4.69, 9.17) is 21.7 Å². The Kier molecular flexibility index (Phi) is 7.72. The number of nitrogens with one attached hydrogen (secondary N) is 1. The van der Waals surface area contributed by atoms with Gasteiger partial charge in [0.15, 0.2) is 0 Å². The molecule has 4 nitrogen and oxygen atoms in total. The van der Waals surface area contributed by atoms with Gasteiger partial charge < -0.3 is 14.8 Å². The molecule has 1 heterocycles. The van der Waals surface area contributed by atoms with Crippen molar-refractivity contribution in [2.45, 2.75) is 32.6 Å². The molecule has 29 heavy (non-hydrogen) atoms. The summed E-state index contributed by atoms with van der Waals surface area (Å²) in [6.45, 7) is 5.58. The van der Waals surface area contributed by atoms with Gasteiger partial charge in [-0.15, -0.1) is 0 Å². The van der Waals surface area contributed by atoms with E-state index >= 15 is 0 Å². The third-order valence-corrected chi connectivity index (χ3v) is 5.85. The summed E-state index contributed by atoms with van der Waals surface area (Å²) >= 11 is 6.28. The summed E-state index contributed by atoms with van der Waals surface area (Å²) < 4.78 is 12.1. The number of benzene rings is 2. The molecule has 152 valence electrons. The molecule has 1 fully saturated rings. The zero-order chi connectivity index (χ0) is 20.6. The molecule has 6 heteroatoms. The quantitative estimate of drug-likeness (QED) is 0.324. The van der Waals surface area contributed by atoms with Gasteiger partial charge in [0, 0.05) is 6.42 Å². The van der Waals surface area contributed by atoms with Gasteiger partial charge in [-0.3, -0.25) is 4.79 Å². The monoisotopic (exact) mass is 427 g/mol. The van der Waals surface area contributed by atoms with Crippen LogP contribution in [0.2, 0.25) is 0 Å². The number of carbonyl (C=O) groups excluding carboxylic acids is 1. The van der Waals surface area contributed by atoms with Crippen molar-refractivity contribution < 1.29 is 14.3 Å². The van der Waals surface area contributed by atoms with Crippen LogP contribution in [-0.2, 0) is 4.79 Å². The number of amides is 1. The Labute approximate surface area is 181 Å². The third-order valence-electron chi connectivity index (χ3n) is 4.69. The van der Waals surface area contributed by atoms with Gasteiger partial charge >= 0.3 is 0 Å². The Morgan fingerprint density at radius 2 is 1.83 bits per heavy atom. The van der Waals surface area contributed by atoms with E-state index in [0.29, 0.717) is 28.4 Å². The van der Waals surface area contributed by atoms with E-state index in [0.717, 1.165) is 29.9 Å². The van der Waals surface area contributed by atoms with E-state index < -0.39 is 0 Å². The van der Waals surface area contributed by atoms with Crippen LogP contribution in [0.3, 0.4) is 0 Å². The number of hydrogen-bond acceptors (Lipinski definition) is 5. The van der Waals surface area contributed by atoms with Crippen LogP contribution >= 0.6 is 24.0 Å². The highest BCUT2D eigenvalue weighted by Crippen LogP contribution is 2.27. The molecule has 2 aromatic carbocycles. The highest BCUT2D eigenvalue weighted by molar-refractivity contribution is 8.26. The molecule has 2 aromatic rings. The van der Waals surface area contributed by atoms with Crippen molar-refractivity contribution in [1.29, 1.82) is 0 Å². The van der Waals surface area contributed by atoms with Gasteiger partial charge in [0.1, 0.15) is 15.8 Å². The molecule has 0 saturated carbocycles. The first kappa shape index (κ1) is 21.4. The minimum Gasteiger partial charge on any atom is -0.493 e. The summed E-state index contributed by atoms with van der Waals surface area (Å²) in [5.41, 5.74) is 2.25. The van der Waals surface area contributed by atoms with Crippen LogP contribution in [0.25, 0.3) is 6.08 Å². The van der Waals surface area contributed by atoms with Gasteiger partial charge in [-0.25, -0.2) is 0 Å². The Bertz CT molecular complexity index is 893. The average molecular weight is 428 g/mol. The maximum atomic E-state index is 11.8. The minimum absolute atomic E-state index is 0.152. The van der Waals surface area contributed by atoms with Crippen LogP contribution < -0.4 is 14.8 Å². The molecule has 0 bridgehead atoms. The smallest absolute Gasteiger partial charge is 0.263 e. The number of carbonyl (C=O) groups is 1. The summed E-state index contributed by atoms with van der Waals surface area (Å²) in [6, 6.07) is 16.0. The van der Waals surface area contributed by atoms with E-state index in [9.17, 15) is 4.79 Å². The lowest BCUT2D eigenvalue weighted by molar-refractivity contribution is -0.115. The highest BCUT2D eigenvalue weighted by atomic mass is 32.2. The normalized spacial score (nSPS) is 16.0. The van der Waals surface area contributed by atoms with Gasteiger partial charge in [0.05, 0.1) is 18.1 Å². The third kappa shape index (κ3) is 6.34.